The zero-order valence-electron chi connectivity index (χ0n) is 14.8. The molecule has 0 unspecified atom stereocenters. The van der Waals surface area contributed by atoms with Crippen molar-refractivity contribution in [1.29, 1.82) is 0 Å². The van der Waals surface area contributed by atoms with Crippen LogP contribution in [0.2, 0.25) is 0 Å². The summed E-state index contributed by atoms with van der Waals surface area (Å²) in [6.07, 6.45) is -6.90. The molecule has 0 aliphatic heterocycles. The zero-order chi connectivity index (χ0) is 20.6. The van der Waals surface area contributed by atoms with Gasteiger partial charge in [0.1, 0.15) is 5.75 Å². The second-order valence-electron chi connectivity index (χ2n) is 6.10. The number of para-hydroxylation sites is 1. The van der Waals surface area contributed by atoms with Crippen molar-refractivity contribution in [3.05, 3.63) is 65.7 Å². The molecule has 0 aliphatic carbocycles. The van der Waals surface area contributed by atoms with Gasteiger partial charge in [-0.2, -0.15) is 0 Å². The summed E-state index contributed by atoms with van der Waals surface area (Å²) in [6.45, 7) is -0.0213. The lowest BCUT2D eigenvalue weighted by molar-refractivity contribution is -0.274. The fraction of sp³-hybridized carbons (Fsp3) is 0.316. The van der Waals surface area contributed by atoms with E-state index in [-0.39, 0.29) is 30.8 Å². The molecule has 2 atom stereocenters. The first-order chi connectivity index (χ1) is 13.2. The van der Waals surface area contributed by atoms with Crippen molar-refractivity contribution >= 4 is 6.09 Å². The van der Waals surface area contributed by atoms with E-state index in [0.29, 0.717) is 0 Å². The van der Waals surface area contributed by atoms with Crippen LogP contribution in [0, 0.1) is 0 Å². The van der Waals surface area contributed by atoms with Crippen LogP contribution in [0.3, 0.4) is 0 Å². The zero-order valence-corrected chi connectivity index (χ0v) is 14.8. The minimum absolute atomic E-state index is 0.00837. The molecule has 0 bridgehead atoms. The van der Waals surface area contributed by atoms with Gasteiger partial charge in [0.15, 0.2) is 0 Å². The molecule has 28 heavy (non-hydrogen) atoms. The highest BCUT2D eigenvalue weighted by atomic mass is 19.4. The third-order valence-corrected chi connectivity index (χ3v) is 3.94. The van der Waals surface area contributed by atoms with Crippen LogP contribution < -0.4 is 15.4 Å². The van der Waals surface area contributed by atoms with Crippen molar-refractivity contribution in [3.63, 3.8) is 0 Å². The fourth-order valence-electron chi connectivity index (χ4n) is 2.68. The van der Waals surface area contributed by atoms with Gasteiger partial charge in [0.25, 0.3) is 0 Å². The number of hydrogen-bond acceptors (Lipinski definition) is 4. The van der Waals surface area contributed by atoms with Gasteiger partial charge in [0, 0.05) is 18.7 Å². The summed E-state index contributed by atoms with van der Waals surface area (Å²) >= 11 is 0. The lowest BCUT2D eigenvalue weighted by atomic mass is 10.0. The Hall–Kier alpha value is -2.78. The van der Waals surface area contributed by atoms with E-state index in [0.717, 1.165) is 5.56 Å². The summed E-state index contributed by atoms with van der Waals surface area (Å²) in [5.41, 5.74) is 1.10. The Morgan fingerprint density at radius 2 is 1.71 bits per heavy atom. The second kappa shape index (κ2) is 9.95. The molecule has 0 heterocycles. The van der Waals surface area contributed by atoms with Crippen LogP contribution in [-0.4, -0.2) is 41.4 Å². The average Bonchev–Trinajstić information content (AvgIpc) is 2.62. The maximum Gasteiger partial charge on any atom is 0.573 e. The number of hydrogen-bond donors (Lipinski definition) is 4. The Balaban J connectivity index is 1.95. The van der Waals surface area contributed by atoms with E-state index in [1.54, 1.807) is 30.3 Å². The number of ether oxygens (including phenoxy) is 1. The highest BCUT2D eigenvalue weighted by Crippen LogP contribution is 2.26. The molecule has 9 heteroatoms. The van der Waals surface area contributed by atoms with E-state index < -0.39 is 24.6 Å². The molecular weight excluding hydrogens is 377 g/mol. The van der Waals surface area contributed by atoms with E-state index in [4.69, 9.17) is 5.11 Å². The first kappa shape index (κ1) is 21.5. The number of nitrogens with one attached hydrogen (secondary N) is 2. The predicted molar refractivity (Wildman–Crippen MR) is 95.9 cm³/mol. The number of aliphatic hydroxyl groups excluding tert-OH is 1. The van der Waals surface area contributed by atoms with Crippen molar-refractivity contribution in [2.45, 2.75) is 31.5 Å². The highest BCUT2D eigenvalue weighted by molar-refractivity contribution is 5.65. The minimum atomic E-state index is -4.80. The van der Waals surface area contributed by atoms with Crippen molar-refractivity contribution < 1.29 is 32.9 Å². The Bertz CT molecular complexity index is 756. The number of benzene rings is 2. The predicted octanol–water partition coefficient (Wildman–Crippen LogP) is 2.91. The Morgan fingerprint density at radius 1 is 1.07 bits per heavy atom. The molecule has 0 spiro atoms. The Morgan fingerprint density at radius 3 is 2.36 bits per heavy atom. The number of aliphatic hydroxyl groups is 1. The number of amides is 1. The lowest BCUT2D eigenvalue weighted by Crippen LogP contribution is -2.48. The van der Waals surface area contributed by atoms with E-state index in [2.05, 4.69) is 15.4 Å². The first-order valence-electron chi connectivity index (χ1n) is 8.50. The summed E-state index contributed by atoms with van der Waals surface area (Å²) < 4.78 is 41.4. The number of rotatable bonds is 9. The van der Waals surface area contributed by atoms with Crippen LogP contribution in [0.15, 0.2) is 54.6 Å². The van der Waals surface area contributed by atoms with Gasteiger partial charge >= 0.3 is 12.5 Å². The first-order valence-corrected chi connectivity index (χ1v) is 8.50. The minimum Gasteiger partial charge on any atom is -0.465 e. The smallest absolute Gasteiger partial charge is 0.465 e. The molecule has 2 aromatic rings. The number of alkyl halides is 3. The molecule has 1 amide bonds. The molecule has 0 fully saturated rings. The summed E-state index contributed by atoms with van der Waals surface area (Å²) in [7, 11) is 0. The van der Waals surface area contributed by atoms with E-state index in [9.17, 15) is 23.1 Å². The van der Waals surface area contributed by atoms with Crippen molar-refractivity contribution in [2.75, 3.05) is 6.54 Å². The van der Waals surface area contributed by atoms with Gasteiger partial charge in [0.2, 0.25) is 0 Å². The summed E-state index contributed by atoms with van der Waals surface area (Å²) in [5.74, 6) is -0.332. The summed E-state index contributed by atoms with van der Waals surface area (Å²) in [5, 5.41) is 24.5. The van der Waals surface area contributed by atoms with Gasteiger partial charge in [-0.25, -0.2) is 4.79 Å². The molecule has 2 aromatic carbocycles. The van der Waals surface area contributed by atoms with Crippen LogP contribution in [-0.2, 0) is 13.0 Å². The van der Waals surface area contributed by atoms with E-state index in [1.807, 2.05) is 6.07 Å². The normalized spacial score (nSPS) is 13.6. The molecule has 0 saturated carbocycles. The van der Waals surface area contributed by atoms with Crippen LogP contribution in [0.25, 0.3) is 0 Å². The largest absolute Gasteiger partial charge is 0.573 e. The topological polar surface area (TPSA) is 90.8 Å². The fourth-order valence-corrected chi connectivity index (χ4v) is 2.68. The SMILES string of the molecule is O=C(O)N[C@@H](Cc1ccccc1)[C@H](O)CNCc1ccccc1OC(F)(F)F. The number of halogens is 3. The Labute approximate surface area is 160 Å². The van der Waals surface area contributed by atoms with Gasteiger partial charge in [-0.3, -0.25) is 0 Å². The van der Waals surface area contributed by atoms with Crippen LogP contribution in [0.1, 0.15) is 11.1 Å². The molecule has 2 rings (SSSR count). The van der Waals surface area contributed by atoms with Crippen LogP contribution in [0.4, 0.5) is 18.0 Å². The summed E-state index contributed by atoms with van der Waals surface area (Å²) in [4.78, 5) is 11.0. The van der Waals surface area contributed by atoms with Gasteiger partial charge in [-0.15, -0.1) is 13.2 Å². The van der Waals surface area contributed by atoms with E-state index >= 15 is 0 Å². The van der Waals surface area contributed by atoms with Gasteiger partial charge < -0.3 is 25.6 Å². The maximum atomic E-state index is 12.5. The molecule has 0 aliphatic rings. The van der Waals surface area contributed by atoms with E-state index in [1.165, 1.54) is 18.2 Å². The Kier molecular flexibility index (Phi) is 7.65. The molecule has 6 nitrogen and oxygen atoms in total. The van der Waals surface area contributed by atoms with Crippen molar-refractivity contribution in [3.8, 4) is 5.75 Å². The third kappa shape index (κ3) is 7.45. The third-order valence-electron chi connectivity index (χ3n) is 3.94. The van der Waals surface area contributed by atoms with Gasteiger partial charge in [-0.05, 0) is 18.1 Å². The standard InChI is InChI=1S/C19H21F3N2O4/c20-19(21,22)28-17-9-5-4-8-14(17)11-23-12-16(25)15(24-18(26)27)10-13-6-2-1-3-7-13/h1-9,15-16,23-25H,10-12H2,(H,26,27)/t15-,16+/m0/s1. The van der Waals surface area contributed by atoms with Crippen molar-refractivity contribution in [1.82, 2.24) is 10.6 Å². The molecule has 0 aromatic heterocycles. The number of carboxylic acid groups (broad SMARTS) is 1. The van der Waals surface area contributed by atoms with Crippen LogP contribution >= 0.6 is 0 Å². The number of carbonyl (C=O) groups is 1. The molecule has 4 N–H and O–H groups in total. The highest BCUT2D eigenvalue weighted by Gasteiger charge is 2.32. The molecule has 0 saturated heterocycles. The maximum absolute atomic E-state index is 12.5. The molecule has 152 valence electrons. The second-order valence-corrected chi connectivity index (χ2v) is 6.10. The average molecular weight is 398 g/mol. The van der Waals surface area contributed by atoms with Crippen LogP contribution in [0.5, 0.6) is 5.75 Å². The summed E-state index contributed by atoms with van der Waals surface area (Å²) in [6, 6.07) is 13.9. The molecular formula is C19H21F3N2O4. The van der Waals surface area contributed by atoms with Gasteiger partial charge in [-0.1, -0.05) is 48.5 Å². The molecule has 0 radical (unpaired) electrons. The monoisotopic (exact) mass is 398 g/mol. The lowest BCUT2D eigenvalue weighted by Gasteiger charge is -2.23. The van der Waals surface area contributed by atoms with Gasteiger partial charge in [0.05, 0.1) is 12.1 Å². The van der Waals surface area contributed by atoms with Crippen molar-refractivity contribution in [2.24, 2.45) is 0 Å². The quantitative estimate of drug-likeness (QED) is 0.522.